The van der Waals surface area contributed by atoms with Crippen molar-refractivity contribution in [3.63, 3.8) is 0 Å². The number of hydrogen-bond donors (Lipinski definition) is 1. The molecule has 148 valence electrons. The van der Waals surface area contributed by atoms with Crippen molar-refractivity contribution in [2.24, 2.45) is 0 Å². The average Bonchev–Trinajstić information content (AvgIpc) is 2.73. The van der Waals surface area contributed by atoms with Crippen LogP contribution in [0.1, 0.15) is 38.8 Å². The van der Waals surface area contributed by atoms with Crippen LogP contribution in [0.15, 0.2) is 72.8 Å². The van der Waals surface area contributed by atoms with E-state index in [-0.39, 0.29) is 24.2 Å². The van der Waals surface area contributed by atoms with Gasteiger partial charge in [-0.3, -0.25) is 9.59 Å². The number of nitrogens with one attached hydrogen (secondary N) is 1. The minimum Gasteiger partial charge on any atom is -0.348 e. The van der Waals surface area contributed by atoms with Crippen molar-refractivity contribution < 1.29 is 14.0 Å². The number of anilines is 1. The lowest BCUT2D eigenvalue weighted by Gasteiger charge is -2.22. The largest absolute Gasteiger partial charge is 0.348 e. The molecule has 0 fully saturated rings. The van der Waals surface area contributed by atoms with Crippen molar-refractivity contribution in [1.82, 2.24) is 5.32 Å². The maximum absolute atomic E-state index is 13.7. The van der Waals surface area contributed by atoms with Gasteiger partial charge in [0, 0.05) is 35.5 Å². The quantitative estimate of drug-likeness (QED) is 0.661. The topological polar surface area (TPSA) is 49.4 Å². The molecule has 4 nitrogen and oxygen atoms in total. The Morgan fingerprint density at radius 1 is 0.931 bits per heavy atom. The zero-order valence-electron chi connectivity index (χ0n) is 16.5. The van der Waals surface area contributed by atoms with Crippen LogP contribution in [0.25, 0.3) is 0 Å². The van der Waals surface area contributed by atoms with Crippen LogP contribution in [0, 0.1) is 12.7 Å². The first kappa shape index (κ1) is 20.3. The van der Waals surface area contributed by atoms with Gasteiger partial charge in [-0.25, -0.2) is 4.39 Å². The Labute approximate surface area is 170 Å². The van der Waals surface area contributed by atoms with Crippen molar-refractivity contribution in [1.29, 1.82) is 0 Å². The normalized spacial score (nSPS) is 10.4. The number of nitrogens with zero attached hydrogens (tertiary/aromatic N) is 1. The summed E-state index contributed by atoms with van der Waals surface area (Å²) in [6.07, 6.45) is 0. The van der Waals surface area contributed by atoms with E-state index in [9.17, 15) is 14.0 Å². The van der Waals surface area contributed by atoms with Crippen molar-refractivity contribution in [3.8, 4) is 0 Å². The highest BCUT2D eigenvalue weighted by atomic mass is 19.1. The predicted molar refractivity (Wildman–Crippen MR) is 113 cm³/mol. The van der Waals surface area contributed by atoms with Gasteiger partial charge in [-0.05, 0) is 55.8 Å². The molecule has 0 atom stereocenters. The Hall–Kier alpha value is -3.47. The molecule has 3 rings (SSSR count). The fourth-order valence-corrected chi connectivity index (χ4v) is 3.11. The van der Waals surface area contributed by atoms with E-state index in [0.29, 0.717) is 23.2 Å². The molecular weight excluding hydrogens is 367 g/mol. The van der Waals surface area contributed by atoms with E-state index in [1.807, 2.05) is 38.1 Å². The van der Waals surface area contributed by atoms with E-state index in [0.717, 1.165) is 11.3 Å². The van der Waals surface area contributed by atoms with Crippen LogP contribution in [-0.4, -0.2) is 18.4 Å². The summed E-state index contributed by atoms with van der Waals surface area (Å²) in [6, 6.07) is 20.6. The maximum atomic E-state index is 13.7. The van der Waals surface area contributed by atoms with E-state index in [1.165, 1.54) is 6.07 Å². The zero-order chi connectivity index (χ0) is 20.8. The smallest absolute Gasteiger partial charge is 0.258 e. The molecule has 2 amide bonds. The second-order valence-corrected chi connectivity index (χ2v) is 6.74. The molecule has 3 aromatic rings. The predicted octanol–water partition coefficient (Wildman–Crippen LogP) is 4.73. The van der Waals surface area contributed by atoms with Crippen molar-refractivity contribution >= 4 is 17.5 Å². The molecule has 0 aliphatic heterocycles. The van der Waals surface area contributed by atoms with E-state index < -0.39 is 0 Å². The highest BCUT2D eigenvalue weighted by Gasteiger charge is 2.18. The number of amides is 2. The molecule has 0 heterocycles. The second-order valence-electron chi connectivity index (χ2n) is 6.74. The molecule has 0 aromatic heterocycles. The van der Waals surface area contributed by atoms with Crippen LogP contribution in [0.3, 0.4) is 0 Å². The minimum atomic E-state index is -0.367. The van der Waals surface area contributed by atoms with Crippen molar-refractivity contribution in [3.05, 3.63) is 101 Å². The number of rotatable bonds is 6. The van der Waals surface area contributed by atoms with E-state index in [4.69, 9.17) is 0 Å². The van der Waals surface area contributed by atoms with Crippen LogP contribution in [-0.2, 0) is 6.54 Å². The molecule has 0 unspecified atom stereocenters. The van der Waals surface area contributed by atoms with Gasteiger partial charge in [0.05, 0.1) is 0 Å². The third-order valence-corrected chi connectivity index (χ3v) is 4.64. The first-order valence-corrected chi connectivity index (χ1v) is 9.49. The molecule has 1 N–H and O–H groups in total. The summed E-state index contributed by atoms with van der Waals surface area (Å²) in [6.45, 7) is 4.47. The van der Waals surface area contributed by atoms with Crippen LogP contribution in [0.5, 0.6) is 0 Å². The van der Waals surface area contributed by atoms with Crippen molar-refractivity contribution in [2.75, 3.05) is 11.4 Å². The van der Waals surface area contributed by atoms with Gasteiger partial charge in [0.2, 0.25) is 0 Å². The fourth-order valence-electron chi connectivity index (χ4n) is 3.11. The summed E-state index contributed by atoms with van der Waals surface area (Å²) < 4.78 is 13.7. The molecule has 0 saturated carbocycles. The highest BCUT2D eigenvalue weighted by molar-refractivity contribution is 6.07. The summed E-state index contributed by atoms with van der Waals surface area (Å²) in [4.78, 5) is 27.2. The van der Waals surface area contributed by atoms with Crippen molar-refractivity contribution in [2.45, 2.75) is 20.4 Å². The molecule has 5 heteroatoms. The second kappa shape index (κ2) is 9.15. The van der Waals surface area contributed by atoms with Gasteiger partial charge in [0.25, 0.3) is 11.8 Å². The van der Waals surface area contributed by atoms with Gasteiger partial charge in [0.15, 0.2) is 0 Å². The third kappa shape index (κ3) is 4.88. The van der Waals surface area contributed by atoms with Gasteiger partial charge >= 0.3 is 0 Å². The summed E-state index contributed by atoms with van der Waals surface area (Å²) in [5, 5.41) is 2.70. The summed E-state index contributed by atoms with van der Waals surface area (Å²) in [5.41, 5.74) is 3.06. The van der Waals surface area contributed by atoms with Crippen LogP contribution >= 0.6 is 0 Å². The van der Waals surface area contributed by atoms with E-state index >= 15 is 0 Å². The SMILES string of the molecule is CCN(C(=O)c1cccc(C(=O)NCc2ccccc2F)c1)c1cccc(C)c1. The molecule has 3 aromatic carbocycles. The Kier molecular flexibility index (Phi) is 6.39. The first-order chi connectivity index (χ1) is 14.0. The number of carbonyl (C=O) groups is 2. The fraction of sp³-hybridized carbons (Fsp3) is 0.167. The summed E-state index contributed by atoms with van der Waals surface area (Å²) >= 11 is 0. The Bertz CT molecular complexity index is 1030. The highest BCUT2D eigenvalue weighted by Crippen LogP contribution is 2.19. The Morgan fingerprint density at radius 3 is 2.38 bits per heavy atom. The van der Waals surface area contributed by atoms with E-state index in [2.05, 4.69) is 5.32 Å². The minimum absolute atomic E-state index is 0.0774. The lowest BCUT2D eigenvalue weighted by Crippen LogP contribution is -2.31. The van der Waals surface area contributed by atoms with E-state index in [1.54, 1.807) is 47.4 Å². The van der Waals surface area contributed by atoms with Crippen LogP contribution < -0.4 is 10.2 Å². The molecular formula is C24H23FN2O2. The van der Waals surface area contributed by atoms with Gasteiger partial charge in [-0.2, -0.15) is 0 Å². The summed E-state index contributed by atoms with van der Waals surface area (Å²) in [5.74, 6) is -0.906. The molecule has 0 aliphatic carbocycles. The van der Waals surface area contributed by atoms with Gasteiger partial charge in [0.1, 0.15) is 5.82 Å². The van der Waals surface area contributed by atoms with Crippen LogP contribution in [0.2, 0.25) is 0 Å². The molecule has 0 radical (unpaired) electrons. The molecule has 0 saturated heterocycles. The number of hydrogen-bond acceptors (Lipinski definition) is 2. The third-order valence-electron chi connectivity index (χ3n) is 4.64. The Balaban J connectivity index is 1.76. The maximum Gasteiger partial charge on any atom is 0.258 e. The summed E-state index contributed by atoms with van der Waals surface area (Å²) in [7, 11) is 0. The monoisotopic (exact) mass is 390 g/mol. The number of carbonyl (C=O) groups excluding carboxylic acids is 2. The van der Waals surface area contributed by atoms with Gasteiger partial charge in [-0.1, -0.05) is 36.4 Å². The number of halogens is 1. The van der Waals surface area contributed by atoms with Crippen LogP contribution in [0.4, 0.5) is 10.1 Å². The van der Waals surface area contributed by atoms with Gasteiger partial charge in [-0.15, -0.1) is 0 Å². The number of aryl methyl sites for hydroxylation is 1. The molecule has 0 spiro atoms. The standard InChI is InChI=1S/C24H23FN2O2/c1-3-27(21-12-6-8-17(2)14-21)24(29)19-11-7-10-18(15-19)23(28)26-16-20-9-4-5-13-22(20)25/h4-15H,3,16H2,1-2H3,(H,26,28). The molecule has 29 heavy (non-hydrogen) atoms. The average molecular weight is 390 g/mol. The number of benzene rings is 3. The zero-order valence-corrected chi connectivity index (χ0v) is 16.5. The Morgan fingerprint density at radius 2 is 1.66 bits per heavy atom. The lowest BCUT2D eigenvalue weighted by molar-refractivity contribution is 0.0950. The van der Waals surface area contributed by atoms with Gasteiger partial charge < -0.3 is 10.2 Å². The first-order valence-electron chi connectivity index (χ1n) is 9.49. The molecule has 0 bridgehead atoms. The lowest BCUT2D eigenvalue weighted by atomic mass is 10.1. The molecule has 0 aliphatic rings.